The fraction of sp³-hybridized carbons (Fsp3) is 0.435. The van der Waals surface area contributed by atoms with E-state index in [1.165, 1.54) is 24.0 Å². The molecule has 1 aromatic carbocycles. The standard InChI is InChI=1S/C23H28N2O3/c1-26-23-20(9-5-13-24-23)16-25-14-11-18(12-15-25)6-2-3-7-19-8-4-10-21-22(19)28-17-27-21/h2,4-6,8-10,13,18H,3,7,11-12,14-17H2,1H3/b6-2-. The van der Waals surface area contributed by atoms with Crippen molar-refractivity contribution < 1.29 is 14.2 Å². The first-order valence-corrected chi connectivity index (χ1v) is 10.1. The summed E-state index contributed by atoms with van der Waals surface area (Å²) in [4.78, 5) is 6.79. The van der Waals surface area contributed by atoms with Gasteiger partial charge in [-0.3, -0.25) is 4.90 Å². The summed E-state index contributed by atoms with van der Waals surface area (Å²) in [6.07, 6.45) is 11.0. The van der Waals surface area contributed by atoms with Crippen molar-refractivity contribution in [2.75, 3.05) is 27.0 Å². The van der Waals surface area contributed by atoms with Gasteiger partial charge < -0.3 is 14.2 Å². The molecule has 3 heterocycles. The molecular weight excluding hydrogens is 352 g/mol. The fourth-order valence-corrected chi connectivity index (χ4v) is 3.99. The number of pyridine rings is 1. The number of piperidine rings is 1. The normalized spacial score (nSPS) is 17.3. The summed E-state index contributed by atoms with van der Waals surface area (Å²) < 4.78 is 16.4. The number of aromatic nitrogens is 1. The third kappa shape index (κ3) is 4.47. The van der Waals surface area contributed by atoms with Crippen molar-refractivity contribution in [3.8, 4) is 17.4 Å². The monoisotopic (exact) mass is 380 g/mol. The number of likely N-dealkylation sites (tertiary alicyclic amines) is 1. The number of fused-ring (bicyclic) bond motifs is 1. The van der Waals surface area contributed by atoms with E-state index < -0.39 is 0 Å². The molecule has 28 heavy (non-hydrogen) atoms. The maximum Gasteiger partial charge on any atom is 0.231 e. The van der Waals surface area contributed by atoms with Crippen LogP contribution in [0.15, 0.2) is 48.7 Å². The minimum atomic E-state index is 0.339. The van der Waals surface area contributed by atoms with Gasteiger partial charge in [0.1, 0.15) is 0 Å². The van der Waals surface area contributed by atoms with Crippen molar-refractivity contribution in [2.24, 2.45) is 5.92 Å². The molecule has 1 fully saturated rings. The molecule has 5 heteroatoms. The molecular formula is C23H28N2O3. The van der Waals surface area contributed by atoms with Gasteiger partial charge in [-0.25, -0.2) is 4.98 Å². The van der Waals surface area contributed by atoms with Gasteiger partial charge in [-0.05, 0) is 62.4 Å². The maximum absolute atomic E-state index is 5.59. The second-order valence-corrected chi connectivity index (χ2v) is 7.40. The first-order chi connectivity index (χ1) is 13.8. The summed E-state index contributed by atoms with van der Waals surface area (Å²) >= 11 is 0. The maximum atomic E-state index is 5.59. The molecule has 5 nitrogen and oxygen atoms in total. The molecule has 0 amide bonds. The number of benzene rings is 1. The zero-order valence-corrected chi connectivity index (χ0v) is 16.5. The Hall–Kier alpha value is -2.53. The van der Waals surface area contributed by atoms with Crippen LogP contribution in [0, 0.1) is 5.92 Å². The lowest BCUT2D eigenvalue weighted by Crippen LogP contribution is -2.32. The predicted octanol–water partition coefficient (Wildman–Crippen LogP) is 4.22. The van der Waals surface area contributed by atoms with Crippen LogP contribution in [-0.2, 0) is 13.0 Å². The number of hydrogen-bond acceptors (Lipinski definition) is 5. The highest BCUT2D eigenvalue weighted by Crippen LogP contribution is 2.36. The predicted molar refractivity (Wildman–Crippen MR) is 109 cm³/mol. The first kappa shape index (κ1) is 18.8. The fourth-order valence-electron chi connectivity index (χ4n) is 3.99. The van der Waals surface area contributed by atoms with E-state index >= 15 is 0 Å². The quantitative estimate of drug-likeness (QED) is 0.673. The highest BCUT2D eigenvalue weighted by Gasteiger charge is 2.19. The van der Waals surface area contributed by atoms with Gasteiger partial charge in [0.2, 0.25) is 12.7 Å². The average molecular weight is 380 g/mol. The van der Waals surface area contributed by atoms with Crippen LogP contribution in [0.2, 0.25) is 0 Å². The van der Waals surface area contributed by atoms with Gasteiger partial charge in [0.25, 0.3) is 0 Å². The van der Waals surface area contributed by atoms with Gasteiger partial charge >= 0.3 is 0 Å². The molecule has 0 aliphatic carbocycles. The summed E-state index contributed by atoms with van der Waals surface area (Å²) in [5.41, 5.74) is 2.40. The van der Waals surface area contributed by atoms with Crippen molar-refractivity contribution in [1.82, 2.24) is 9.88 Å². The van der Waals surface area contributed by atoms with Gasteiger partial charge in [-0.1, -0.05) is 30.4 Å². The van der Waals surface area contributed by atoms with Crippen LogP contribution in [0.4, 0.5) is 0 Å². The molecule has 2 aliphatic heterocycles. The third-order valence-electron chi connectivity index (χ3n) is 5.54. The molecule has 0 radical (unpaired) electrons. The Bertz CT molecular complexity index is 813. The number of methoxy groups -OCH3 is 1. The first-order valence-electron chi connectivity index (χ1n) is 10.1. The Labute approximate surface area is 166 Å². The lowest BCUT2D eigenvalue weighted by Gasteiger charge is -2.30. The number of aryl methyl sites for hydroxylation is 1. The number of nitrogens with zero attached hydrogens (tertiary/aromatic N) is 2. The van der Waals surface area contributed by atoms with Gasteiger partial charge in [0, 0.05) is 18.3 Å². The Morgan fingerprint density at radius 1 is 1.14 bits per heavy atom. The molecule has 148 valence electrons. The number of allylic oxidation sites excluding steroid dienone is 2. The Balaban J connectivity index is 1.22. The molecule has 1 aromatic heterocycles. The summed E-state index contributed by atoms with van der Waals surface area (Å²) in [5, 5.41) is 0. The van der Waals surface area contributed by atoms with E-state index in [9.17, 15) is 0 Å². The molecule has 0 N–H and O–H groups in total. The topological polar surface area (TPSA) is 43.8 Å². The lowest BCUT2D eigenvalue weighted by molar-refractivity contribution is 0.173. The van der Waals surface area contributed by atoms with E-state index in [0.717, 1.165) is 49.9 Å². The Morgan fingerprint density at radius 2 is 2.00 bits per heavy atom. The van der Waals surface area contributed by atoms with Crippen molar-refractivity contribution in [3.63, 3.8) is 0 Å². The number of ether oxygens (including phenoxy) is 3. The van der Waals surface area contributed by atoms with E-state index in [0.29, 0.717) is 12.7 Å². The zero-order valence-electron chi connectivity index (χ0n) is 16.5. The van der Waals surface area contributed by atoms with E-state index in [2.05, 4.69) is 34.2 Å². The summed E-state index contributed by atoms with van der Waals surface area (Å²) in [6, 6.07) is 10.2. The Morgan fingerprint density at radius 3 is 2.86 bits per heavy atom. The zero-order chi connectivity index (χ0) is 19.2. The average Bonchev–Trinajstić information content (AvgIpc) is 3.22. The number of rotatable bonds is 7. The summed E-state index contributed by atoms with van der Waals surface area (Å²) in [7, 11) is 1.69. The van der Waals surface area contributed by atoms with Gasteiger partial charge in [-0.2, -0.15) is 0 Å². The molecule has 4 rings (SSSR count). The van der Waals surface area contributed by atoms with Crippen LogP contribution < -0.4 is 14.2 Å². The second-order valence-electron chi connectivity index (χ2n) is 7.40. The summed E-state index contributed by atoms with van der Waals surface area (Å²) in [6.45, 7) is 3.48. The highest BCUT2D eigenvalue weighted by atomic mass is 16.7. The Kier molecular flexibility index (Phi) is 6.12. The van der Waals surface area contributed by atoms with Crippen molar-refractivity contribution in [1.29, 1.82) is 0 Å². The smallest absolute Gasteiger partial charge is 0.231 e. The van der Waals surface area contributed by atoms with Crippen LogP contribution in [0.25, 0.3) is 0 Å². The second kappa shape index (κ2) is 9.11. The van der Waals surface area contributed by atoms with Crippen LogP contribution >= 0.6 is 0 Å². The van der Waals surface area contributed by atoms with E-state index in [1.807, 2.05) is 18.2 Å². The van der Waals surface area contributed by atoms with E-state index in [-0.39, 0.29) is 0 Å². The minimum absolute atomic E-state index is 0.339. The number of hydrogen-bond donors (Lipinski definition) is 0. The lowest BCUT2D eigenvalue weighted by atomic mass is 9.95. The third-order valence-corrected chi connectivity index (χ3v) is 5.54. The van der Waals surface area contributed by atoms with Gasteiger partial charge in [0.05, 0.1) is 7.11 Å². The minimum Gasteiger partial charge on any atom is -0.481 e. The molecule has 0 saturated carbocycles. The van der Waals surface area contributed by atoms with Crippen LogP contribution in [0.1, 0.15) is 30.4 Å². The van der Waals surface area contributed by atoms with Crippen molar-refractivity contribution >= 4 is 0 Å². The molecule has 2 aromatic rings. The number of para-hydroxylation sites is 1. The van der Waals surface area contributed by atoms with Gasteiger partial charge in [0.15, 0.2) is 11.5 Å². The van der Waals surface area contributed by atoms with Crippen molar-refractivity contribution in [2.45, 2.75) is 32.2 Å². The van der Waals surface area contributed by atoms with Crippen LogP contribution in [0.3, 0.4) is 0 Å². The molecule has 1 saturated heterocycles. The molecule has 0 unspecified atom stereocenters. The highest BCUT2D eigenvalue weighted by molar-refractivity contribution is 5.48. The van der Waals surface area contributed by atoms with Crippen LogP contribution in [-0.4, -0.2) is 36.9 Å². The van der Waals surface area contributed by atoms with E-state index in [4.69, 9.17) is 14.2 Å². The molecule has 0 spiro atoms. The van der Waals surface area contributed by atoms with E-state index in [1.54, 1.807) is 13.3 Å². The molecule has 2 aliphatic rings. The SMILES string of the molecule is COc1ncccc1CN1CCC(/C=C\CCc2cccc3c2OCO3)CC1. The molecule has 0 atom stereocenters. The largest absolute Gasteiger partial charge is 0.481 e. The molecule has 0 bridgehead atoms. The van der Waals surface area contributed by atoms with Gasteiger partial charge in [-0.15, -0.1) is 0 Å². The van der Waals surface area contributed by atoms with Crippen molar-refractivity contribution in [3.05, 3.63) is 59.8 Å². The summed E-state index contributed by atoms with van der Waals surface area (Å²) in [5.74, 6) is 3.22. The van der Waals surface area contributed by atoms with Crippen LogP contribution in [0.5, 0.6) is 17.4 Å².